The molecule has 0 aromatic carbocycles. The minimum absolute atomic E-state index is 0.975. The minimum atomic E-state index is -1.67. The van der Waals surface area contributed by atoms with E-state index in [0.717, 1.165) is 13.1 Å². The van der Waals surface area contributed by atoms with Crippen LogP contribution in [0.25, 0.3) is 0 Å². The van der Waals surface area contributed by atoms with E-state index in [-0.39, 0.29) is 0 Å². The van der Waals surface area contributed by atoms with E-state index in [9.17, 15) is 0 Å². The zero-order valence-corrected chi connectivity index (χ0v) is 17.7. The van der Waals surface area contributed by atoms with Crippen LogP contribution in [0.3, 0.4) is 0 Å². The van der Waals surface area contributed by atoms with Gasteiger partial charge in [0.2, 0.25) is 0 Å². The smallest absolute Gasteiger partial charge is 0.133 e. The molecular formula is C21H40N4P+. The fourth-order valence-corrected chi connectivity index (χ4v) is 10.4. The molecule has 3 aliphatic rings. The van der Waals surface area contributed by atoms with Crippen molar-refractivity contribution in [3.63, 3.8) is 0 Å². The maximum atomic E-state index is 4.12. The Bertz CT molecular complexity index is 382. The fourth-order valence-electron chi connectivity index (χ4n) is 5.10. The van der Waals surface area contributed by atoms with Crippen LogP contribution in [-0.4, -0.2) is 71.0 Å². The molecule has 0 amide bonds. The first-order valence-corrected chi connectivity index (χ1v) is 12.6. The van der Waals surface area contributed by atoms with Gasteiger partial charge in [0.05, 0.1) is 13.1 Å². The summed E-state index contributed by atoms with van der Waals surface area (Å²) >= 11 is 0. The molecule has 5 heteroatoms. The Balaban J connectivity index is 2.03. The summed E-state index contributed by atoms with van der Waals surface area (Å²) in [5.74, 6) is 0. The third kappa shape index (κ3) is 4.25. The molecule has 0 bridgehead atoms. The van der Waals surface area contributed by atoms with E-state index in [1.54, 1.807) is 0 Å². The highest BCUT2D eigenvalue weighted by Crippen LogP contribution is 2.71. The average molecular weight is 380 g/mol. The SMILES string of the molecule is C=CCN(CC=C)[P+](N1CCCCC1)(N1CCCCC1)N1CCCCC1. The van der Waals surface area contributed by atoms with Gasteiger partial charge in [-0.1, -0.05) is 31.4 Å². The van der Waals surface area contributed by atoms with Gasteiger partial charge in [0.15, 0.2) is 0 Å². The molecule has 0 aromatic rings. The van der Waals surface area contributed by atoms with Crippen LogP contribution in [0.4, 0.5) is 0 Å². The highest BCUT2D eigenvalue weighted by molar-refractivity contribution is 7.66. The van der Waals surface area contributed by atoms with Gasteiger partial charge in [0, 0.05) is 39.3 Å². The second kappa shape index (κ2) is 10.3. The fraction of sp³-hybridized carbons (Fsp3) is 0.810. The van der Waals surface area contributed by atoms with Gasteiger partial charge in [0.25, 0.3) is 0 Å². The van der Waals surface area contributed by atoms with Crippen LogP contribution in [0.15, 0.2) is 25.3 Å². The standard InChI is InChI=1S/C21H40N4P/c1-3-14-22(15-4-2)26(23-16-8-5-9-17-23,24-18-10-6-11-19-24)25-20-12-7-13-21-25/h3-4H,1-2,5-21H2/q+1. The lowest BCUT2D eigenvalue weighted by Crippen LogP contribution is -2.56. The molecule has 0 unspecified atom stereocenters. The van der Waals surface area contributed by atoms with Crippen LogP contribution in [0, 0.1) is 0 Å². The molecule has 148 valence electrons. The van der Waals surface area contributed by atoms with Gasteiger partial charge < -0.3 is 0 Å². The lowest BCUT2D eigenvalue weighted by atomic mass is 10.2. The van der Waals surface area contributed by atoms with Gasteiger partial charge in [-0.15, -0.1) is 31.8 Å². The molecular weight excluding hydrogens is 339 g/mol. The van der Waals surface area contributed by atoms with Gasteiger partial charge in [-0.2, -0.15) is 0 Å². The van der Waals surface area contributed by atoms with Crippen LogP contribution < -0.4 is 0 Å². The molecule has 0 aliphatic carbocycles. The third-order valence-electron chi connectivity index (χ3n) is 6.19. The lowest BCUT2D eigenvalue weighted by Gasteiger charge is -2.53. The first kappa shape index (κ1) is 20.5. The zero-order valence-electron chi connectivity index (χ0n) is 16.8. The molecule has 3 saturated heterocycles. The van der Waals surface area contributed by atoms with E-state index in [1.165, 1.54) is 97.1 Å². The second-order valence-corrected chi connectivity index (χ2v) is 11.4. The predicted molar refractivity (Wildman–Crippen MR) is 115 cm³/mol. The maximum Gasteiger partial charge on any atom is 0.309 e. The Hall–Kier alpha value is -0.250. The van der Waals surface area contributed by atoms with Crippen molar-refractivity contribution in [3.8, 4) is 0 Å². The normalized spacial score (nSPS) is 24.7. The summed E-state index contributed by atoms with van der Waals surface area (Å²) in [5, 5.41) is 0. The van der Waals surface area contributed by atoms with Gasteiger partial charge in [-0.25, -0.2) is 0 Å². The topological polar surface area (TPSA) is 13.0 Å². The second-order valence-electron chi connectivity index (χ2n) is 8.03. The van der Waals surface area contributed by atoms with Crippen molar-refractivity contribution in [2.24, 2.45) is 0 Å². The first-order chi connectivity index (χ1) is 12.8. The predicted octanol–water partition coefficient (Wildman–Crippen LogP) is 4.80. The average Bonchev–Trinajstić information content (AvgIpc) is 2.71. The third-order valence-corrected chi connectivity index (χ3v) is 10.8. The lowest BCUT2D eigenvalue weighted by molar-refractivity contribution is 0.203. The molecule has 0 spiro atoms. The molecule has 26 heavy (non-hydrogen) atoms. The number of rotatable bonds is 8. The van der Waals surface area contributed by atoms with E-state index in [1.807, 2.05) is 0 Å². The number of hydrogen-bond acceptors (Lipinski definition) is 4. The number of nitrogens with zero attached hydrogens (tertiary/aromatic N) is 4. The maximum absolute atomic E-state index is 4.12. The highest BCUT2D eigenvalue weighted by atomic mass is 31.2. The summed E-state index contributed by atoms with van der Waals surface area (Å²) in [6, 6.07) is 0. The Morgan fingerprint density at radius 3 is 1.15 bits per heavy atom. The van der Waals surface area contributed by atoms with Gasteiger partial charge >= 0.3 is 7.87 Å². The largest absolute Gasteiger partial charge is 0.309 e. The monoisotopic (exact) mass is 379 g/mol. The van der Waals surface area contributed by atoms with Crippen molar-refractivity contribution in [2.75, 3.05) is 52.4 Å². The molecule has 0 saturated carbocycles. The Labute approximate surface area is 162 Å². The summed E-state index contributed by atoms with van der Waals surface area (Å²) < 4.78 is 11.6. The summed E-state index contributed by atoms with van der Waals surface area (Å²) in [5.41, 5.74) is 0. The van der Waals surface area contributed by atoms with Crippen molar-refractivity contribution < 1.29 is 0 Å². The molecule has 0 N–H and O–H groups in total. The first-order valence-electron chi connectivity index (χ1n) is 11.0. The Kier molecular flexibility index (Phi) is 8.14. The summed E-state index contributed by atoms with van der Waals surface area (Å²) in [6.07, 6.45) is 16.6. The van der Waals surface area contributed by atoms with E-state index in [0.29, 0.717) is 0 Å². The molecule has 3 aliphatic heterocycles. The summed E-state index contributed by atoms with van der Waals surface area (Å²) in [7, 11) is -1.67. The minimum Gasteiger partial charge on any atom is -0.133 e. The van der Waals surface area contributed by atoms with Crippen molar-refractivity contribution >= 4 is 7.87 Å². The molecule has 0 radical (unpaired) electrons. The Morgan fingerprint density at radius 2 is 0.885 bits per heavy atom. The van der Waals surface area contributed by atoms with Crippen LogP contribution >= 0.6 is 7.87 Å². The van der Waals surface area contributed by atoms with E-state index < -0.39 is 7.87 Å². The van der Waals surface area contributed by atoms with Crippen molar-refractivity contribution in [2.45, 2.75) is 57.8 Å². The van der Waals surface area contributed by atoms with Gasteiger partial charge in [-0.05, 0) is 38.5 Å². The number of piperidine rings is 3. The van der Waals surface area contributed by atoms with Crippen molar-refractivity contribution in [1.29, 1.82) is 0 Å². The molecule has 3 rings (SSSR count). The van der Waals surface area contributed by atoms with Gasteiger partial charge in [0.1, 0.15) is 0 Å². The molecule has 3 heterocycles. The van der Waals surface area contributed by atoms with E-state index in [4.69, 9.17) is 0 Å². The molecule has 0 aromatic heterocycles. The summed E-state index contributed by atoms with van der Waals surface area (Å²) in [6.45, 7) is 17.8. The molecule has 4 nitrogen and oxygen atoms in total. The van der Waals surface area contributed by atoms with Crippen LogP contribution in [0.5, 0.6) is 0 Å². The summed E-state index contributed by atoms with van der Waals surface area (Å²) in [4.78, 5) is 0. The Morgan fingerprint density at radius 1 is 0.577 bits per heavy atom. The number of hydrogen-bond donors (Lipinski definition) is 0. The quantitative estimate of drug-likeness (QED) is 0.444. The van der Waals surface area contributed by atoms with Crippen molar-refractivity contribution in [1.82, 2.24) is 18.7 Å². The van der Waals surface area contributed by atoms with Crippen LogP contribution in [-0.2, 0) is 0 Å². The molecule has 0 atom stereocenters. The molecule has 3 fully saturated rings. The zero-order chi connectivity index (χ0) is 18.2. The van der Waals surface area contributed by atoms with Crippen LogP contribution in [0.2, 0.25) is 0 Å². The van der Waals surface area contributed by atoms with E-state index in [2.05, 4.69) is 44.0 Å². The highest BCUT2D eigenvalue weighted by Gasteiger charge is 2.61. The van der Waals surface area contributed by atoms with E-state index >= 15 is 0 Å². The van der Waals surface area contributed by atoms with Crippen molar-refractivity contribution in [3.05, 3.63) is 25.3 Å². The van der Waals surface area contributed by atoms with Crippen LogP contribution in [0.1, 0.15) is 57.8 Å². The van der Waals surface area contributed by atoms with Gasteiger partial charge in [-0.3, -0.25) is 0 Å².